The number of urea groups is 1. The van der Waals surface area contributed by atoms with Crippen LogP contribution in [-0.4, -0.2) is 37.1 Å². The van der Waals surface area contributed by atoms with Crippen LogP contribution >= 0.6 is 11.6 Å². The lowest BCUT2D eigenvalue weighted by molar-refractivity contribution is 0.221. The minimum absolute atomic E-state index is 0.0551. The predicted molar refractivity (Wildman–Crippen MR) is 98.4 cm³/mol. The monoisotopic (exact) mass is 349 g/mol. The van der Waals surface area contributed by atoms with Crippen molar-refractivity contribution in [2.24, 2.45) is 5.92 Å². The molecule has 0 aromatic heterocycles. The van der Waals surface area contributed by atoms with Crippen LogP contribution in [0.15, 0.2) is 24.3 Å². The van der Waals surface area contributed by atoms with Crippen molar-refractivity contribution in [1.82, 2.24) is 15.5 Å². The predicted octanol–water partition coefficient (Wildman–Crippen LogP) is 3.97. The van der Waals surface area contributed by atoms with Crippen LogP contribution in [0.3, 0.4) is 0 Å². The lowest BCUT2D eigenvalue weighted by Gasteiger charge is -2.26. The van der Waals surface area contributed by atoms with Crippen LogP contribution in [-0.2, 0) is 0 Å². The summed E-state index contributed by atoms with van der Waals surface area (Å²) < 4.78 is 0. The van der Waals surface area contributed by atoms with Gasteiger partial charge in [-0.2, -0.15) is 0 Å². The molecule has 2 amide bonds. The normalized spacial score (nSPS) is 19.7. The summed E-state index contributed by atoms with van der Waals surface area (Å²) in [6, 6.07) is 7.86. The summed E-state index contributed by atoms with van der Waals surface area (Å²) in [5, 5.41) is 6.89. The average Bonchev–Trinajstić information content (AvgIpc) is 3.43. The van der Waals surface area contributed by atoms with E-state index in [0.29, 0.717) is 5.92 Å². The molecule has 1 aromatic rings. The summed E-state index contributed by atoms with van der Waals surface area (Å²) in [6.07, 6.45) is 7.38. The van der Waals surface area contributed by atoms with Gasteiger partial charge in [0.25, 0.3) is 0 Å². The van der Waals surface area contributed by atoms with Crippen LogP contribution in [0.4, 0.5) is 4.79 Å². The van der Waals surface area contributed by atoms with E-state index in [1.165, 1.54) is 45.2 Å². The van der Waals surface area contributed by atoms with Crippen LogP contribution in [0.2, 0.25) is 5.02 Å². The Labute approximate surface area is 149 Å². The number of nitrogens with one attached hydrogen (secondary N) is 2. The average molecular weight is 350 g/mol. The molecule has 5 heteroatoms. The van der Waals surface area contributed by atoms with E-state index in [1.54, 1.807) is 0 Å². The van der Waals surface area contributed by atoms with Gasteiger partial charge in [-0.3, -0.25) is 0 Å². The van der Waals surface area contributed by atoms with Crippen LogP contribution in [0, 0.1) is 5.92 Å². The Bertz CT molecular complexity index is 524. The molecule has 1 saturated heterocycles. The van der Waals surface area contributed by atoms with Gasteiger partial charge in [0.2, 0.25) is 0 Å². The molecule has 1 aromatic carbocycles. The first-order valence-electron chi connectivity index (χ1n) is 9.24. The molecule has 4 nitrogen and oxygen atoms in total. The number of nitrogens with zero attached hydrogens (tertiary/aromatic N) is 1. The Morgan fingerprint density at radius 3 is 2.54 bits per heavy atom. The van der Waals surface area contributed by atoms with Crippen molar-refractivity contribution in [3.8, 4) is 0 Å². The topological polar surface area (TPSA) is 44.4 Å². The van der Waals surface area contributed by atoms with Gasteiger partial charge in [0, 0.05) is 11.6 Å². The van der Waals surface area contributed by atoms with Crippen molar-refractivity contribution in [3.05, 3.63) is 34.9 Å². The number of likely N-dealkylation sites (tertiary alicyclic amines) is 1. The molecular weight excluding hydrogens is 322 g/mol. The van der Waals surface area contributed by atoms with Crippen LogP contribution in [0.25, 0.3) is 0 Å². The molecule has 1 heterocycles. The number of benzene rings is 1. The number of piperidine rings is 1. The highest BCUT2D eigenvalue weighted by Crippen LogP contribution is 2.41. The smallest absolute Gasteiger partial charge is 0.315 e. The van der Waals surface area contributed by atoms with Gasteiger partial charge in [-0.15, -0.1) is 0 Å². The first-order valence-corrected chi connectivity index (χ1v) is 9.62. The van der Waals surface area contributed by atoms with Gasteiger partial charge in [0.05, 0.1) is 6.04 Å². The van der Waals surface area contributed by atoms with E-state index in [9.17, 15) is 4.79 Å². The maximum absolute atomic E-state index is 12.2. The molecule has 0 bridgehead atoms. The molecule has 132 valence electrons. The highest BCUT2D eigenvalue weighted by atomic mass is 35.5. The molecule has 3 rings (SSSR count). The quantitative estimate of drug-likeness (QED) is 0.732. The number of hydrogen-bond acceptors (Lipinski definition) is 2. The standard InChI is InChI=1S/C19H28ClN3O/c20-17-9-7-16(8-10-17)18(15-5-6-15)22-19(24)21-11-4-14-23-12-2-1-3-13-23/h7-10,15,18H,1-6,11-14H2,(H2,21,22,24). The molecule has 1 unspecified atom stereocenters. The van der Waals surface area contributed by atoms with E-state index in [2.05, 4.69) is 15.5 Å². The first-order chi connectivity index (χ1) is 11.7. The largest absolute Gasteiger partial charge is 0.338 e. The number of amides is 2. The third-order valence-corrected chi connectivity index (χ3v) is 5.25. The van der Waals surface area contributed by atoms with E-state index < -0.39 is 0 Å². The molecule has 2 N–H and O–H groups in total. The molecule has 1 aliphatic carbocycles. The van der Waals surface area contributed by atoms with Gasteiger partial charge in [-0.1, -0.05) is 30.2 Å². The zero-order valence-electron chi connectivity index (χ0n) is 14.3. The fraction of sp³-hybridized carbons (Fsp3) is 0.632. The van der Waals surface area contributed by atoms with Crippen molar-refractivity contribution in [2.45, 2.75) is 44.6 Å². The fourth-order valence-corrected chi connectivity index (χ4v) is 3.58. The highest BCUT2D eigenvalue weighted by Gasteiger charge is 2.33. The Kier molecular flexibility index (Phi) is 6.38. The maximum Gasteiger partial charge on any atom is 0.315 e. The van der Waals surface area contributed by atoms with Gasteiger partial charge in [-0.25, -0.2) is 4.79 Å². The summed E-state index contributed by atoms with van der Waals surface area (Å²) in [7, 11) is 0. The van der Waals surface area contributed by atoms with E-state index in [-0.39, 0.29) is 12.1 Å². The van der Waals surface area contributed by atoms with E-state index in [0.717, 1.165) is 30.1 Å². The van der Waals surface area contributed by atoms with Crippen molar-refractivity contribution >= 4 is 17.6 Å². The second-order valence-electron chi connectivity index (χ2n) is 7.02. The number of hydrogen-bond donors (Lipinski definition) is 2. The van der Waals surface area contributed by atoms with Crippen molar-refractivity contribution < 1.29 is 4.79 Å². The second kappa shape index (κ2) is 8.72. The summed E-state index contributed by atoms with van der Waals surface area (Å²) >= 11 is 5.96. The number of carbonyl (C=O) groups is 1. The number of carbonyl (C=O) groups excluding carboxylic acids is 1. The maximum atomic E-state index is 12.2. The molecule has 24 heavy (non-hydrogen) atoms. The lowest BCUT2D eigenvalue weighted by atomic mass is 10.0. The Morgan fingerprint density at radius 2 is 1.88 bits per heavy atom. The molecule has 2 aliphatic rings. The zero-order chi connectivity index (χ0) is 16.8. The Hall–Kier alpha value is -1.26. The van der Waals surface area contributed by atoms with Crippen molar-refractivity contribution in [1.29, 1.82) is 0 Å². The molecule has 1 saturated carbocycles. The summed E-state index contributed by atoms with van der Waals surface area (Å²) in [6.45, 7) is 4.25. The van der Waals surface area contributed by atoms with Crippen LogP contribution in [0.1, 0.15) is 50.1 Å². The highest BCUT2D eigenvalue weighted by molar-refractivity contribution is 6.30. The molecule has 1 aliphatic heterocycles. The second-order valence-corrected chi connectivity index (χ2v) is 7.46. The van der Waals surface area contributed by atoms with E-state index >= 15 is 0 Å². The third kappa shape index (κ3) is 5.38. The molecule has 0 spiro atoms. The van der Waals surface area contributed by atoms with Crippen LogP contribution < -0.4 is 10.6 Å². The molecule has 1 atom stereocenters. The first kappa shape index (κ1) is 17.6. The lowest BCUT2D eigenvalue weighted by Crippen LogP contribution is -2.40. The SMILES string of the molecule is O=C(NCCCN1CCCCC1)NC(c1ccc(Cl)cc1)C1CC1. The molecule has 0 radical (unpaired) electrons. The number of rotatable bonds is 7. The van der Waals surface area contributed by atoms with Gasteiger partial charge < -0.3 is 15.5 Å². The van der Waals surface area contributed by atoms with Crippen LogP contribution in [0.5, 0.6) is 0 Å². The fourth-order valence-electron chi connectivity index (χ4n) is 3.45. The Balaban J connectivity index is 1.40. The third-order valence-electron chi connectivity index (χ3n) is 4.99. The molecule has 2 fully saturated rings. The minimum Gasteiger partial charge on any atom is -0.338 e. The van der Waals surface area contributed by atoms with Crippen molar-refractivity contribution in [2.75, 3.05) is 26.2 Å². The van der Waals surface area contributed by atoms with Gasteiger partial charge in [0.15, 0.2) is 0 Å². The van der Waals surface area contributed by atoms with Gasteiger partial charge in [0.1, 0.15) is 0 Å². The summed E-state index contributed by atoms with van der Waals surface area (Å²) in [4.78, 5) is 14.7. The minimum atomic E-state index is -0.0551. The number of halogens is 1. The van der Waals surface area contributed by atoms with E-state index in [4.69, 9.17) is 11.6 Å². The molecular formula is C19H28ClN3O. The Morgan fingerprint density at radius 1 is 1.17 bits per heavy atom. The summed E-state index contributed by atoms with van der Waals surface area (Å²) in [5.41, 5.74) is 1.14. The van der Waals surface area contributed by atoms with Crippen molar-refractivity contribution in [3.63, 3.8) is 0 Å². The van der Waals surface area contributed by atoms with Gasteiger partial charge in [-0.05, 0) is 75.4 Å². The summed E-state index contributed by atoms with van der Waals surface area (Å²) in [5.74, 6) is 0.560. The zero-order valence-corrected chi connectivity index (χ0v) is 15.0. The van der Waals surface area contributed by atoms with E-state index in [1.807, 2.05) is 24.3 Å². The van der Waals surface area contributed by atoms with Gasteiger partial charge >= 0.3 is 6.03 Å².